The summed E-state index contributed by atoms with van der Waals surface area (Å²) >= 11 is 0. The Kier molecular flexibility index (Phi) is 3.96. The molecule has 4 aromatic rings. The highest BCUT2D eigenvalue weighted by atomic mass is 14.4. The molecule has 0 amide bonds. The van der Waals surface area contributed by atoms with E-state index in [1.165, 1.54) is 57.3 Å². The smallest absolute Gasteiger partial charge is 0.0105 e. The third-order valence-corrected chi connectivity index (χ3v) is 7.34. The molecule has 0 nitrogen and oxygen atoms in total. The van der Waals surface area contributed by atoms with Gasteiger partial charge in [-0.3, -0.25) is 0 Å². The van der Waals surface area contributed by atoms with Crippen molar-refractivity contribution in [3.8, 4) is 22.3 Å². The van der Waals surface area contributed by atoms with Crippen LogP contribution in [-0.4, -0.2) is 0 Å². The van der Waals surface area contributed by atoms with Gasteiger partial charge in [0.05, 0.1) is 0 Å². The van der Waals surface area contributed by atoms with E-state index in [4.69, 9.17) is 0 Å². The molecule has 4 aromatic carbocycles. The molecule has 0 aromatic heterocycles. The molecule has 0 radical (unpaired) electrons. The van der Waals surface area contributed by atoms with Gasteiger partial charge in [-0.2, -0.15) is 0 Å². The summed E-state index contributed by atoms with van der Waals surface area (Å²) in [7, 11) is 0. The Morgan fingerprint density at radius 1 is 0.467 bits per heavy atom. The molecule has 0 aliphatic heterocycles. The highest BCUT2D eigenvalue weighted by molar-refractivity contribution is 5.81. The van der Waals surface area contributed by atoms with Crippen LogP contribution in [0.3, 0.4) is 0 Å². The molecule has 0 fully saturated rings. The Hall–Kier alpha value is -3.12. The van der Waals surface area contributed by atoms with Crippen LogP contribution in [0.5, 0.6) is 0 Å². The van der Waals surface area contributed by atoms with Crippen LogP contribution in [0.25, 0.3) is 22.3 Å². The Morgan fingerprint density at radius 2 is 0.867 bits per heavy atom. The van der Waals surface area contributed by atoms with Crippen molar-refractivity contribution in [3.05, 3.63) is 118 Å². The van der Waals surface area contributed by atoms with Gasteiger partial charge in [-0.1, -0.05) is 84.9 Å². The lowest BCUT2D eigenvalue weighted by Crippen LogP contribution is -2.05. The van der Waals surface area contributed by atoms with E-state index in [2.05, 4.69) is 98.8 Å². The molecule has 2 aliphatic rings. The first-order valence-corrected chi connectivity index (χ1v) is 11.1. The predicted octanol–water partition coefficient (Wildman–Crippen LogP) is 8.01. The lowest BCUT2D eigenvalue weighted by atomic mass is 9.83. The topological polar surface area (TPSA) is 0 Å². The second-order valence-corrected chi connectivity index (χ2v) is 8.93. The van der Waals surface area contributed by atoms with Gasteiger partial charge in [-0.25, -0.2) is 0 Å². The monoisotopic (exact) mass is 386 g/mol. The first kappa shape index (κ1) is 17.7. The maximum Gasteiger partial charge on any atom is 0.0105 e. The fourth-order valence-corrected chi connectivity index (χ4v) is 6.09. The van der Waals surface area contributed by atoms with Gasteiger partial charge in [0.25, 0.3) is 0 Å². The van der Waals surface area contributed by atoms with Crippen LogP contribution < -0.4 is 0 Å². The van der Waals surface area contributed by atoms with Crippen LogP contribution in [0, 0.1) is 13.8 Å². The predicted molar refractivity (Wildman–Crippen MR) is 126 cm³/mol. The number of hydrogen-bond donors (Lipinski definition) is 0. The average molecular weight is 387 g/mol. The molecule has 0 saturated carbocycles. The minimum atomic E-state index is 0.498. The average Bonchev–Trinajstić information content (AvgIpc) is 3.27. The maximum absolute atomic E-state index is 2.35. The number of rotatable bonds is 3. The minimum Gasteiger partial charge on any atom is -0.0619 e. The molecular weight excluding hydrogens is 360 g/mol. The summed E-state index contributed by atoms with van der Waals surface area (Å²) in [6, 6.07) is 31.7. The zero-order valence-corrected chi connectivity index (χ0v) is 17.7. The summed E-state index contributed by atoms with van der Waals surface area (Å²) in [6.45, 7) is 4.56. The van der Waals surface area contributed by atoms with Crippen LogP contribution in [0.1, 0.15) is 58.1 Å². The van der Waals surface area contributed by atoms with Crippen LogP contribution in [-0.2, 0) is 0 Å². The second-order valence-electron chi connectivity index (χ2n) is 8.93. The van der Waals surface area contributed by atoms with E-state index in [0.29, 0.717) is 11.8 Å². The van der Waals surface area contributed by atoms with Crippen molar-refractivity contribution in [2.24, 2.45) is 0 Å². The Morgan fingerprint density at radius 3 is 1.33 bits per heavy atom. The van der Waals surface area contributed by atoms with Gasteiger partial charge in [0.1, 0.15) is 0 Å². The molecule has 0 N–H and O–H groups in total. The Balaban J connectivity index is 1.42. The molecule has 2 atom stereocenters. The van der Waals surface area contributed by atoms with Gasteiger partial charge >= 0.3 is 0 Å². The molecule has 0 heteroatoms. The lowest BCUT2D eigenvalue weighted by Gasteiger charge is -2.20. The van der Waals surface area contributed by atoms with Crippen LogP contribution >= 0.6 is 0 Å². The molecule has 6 rings (SSSR count). The van der Waals surface area contributed by atoms with Gasteiger partial charge < -0.3 is 0 Å². The van der Waals surface area contributed by atoms with Crippen molar-refractivity contribution >= 4 is 0 Å². The fourth-order valence-electron chi connectivity index (χ4n) is 6.09. The van der Waals surface area contributed by atoms with E-state index >= 15 is 0 Å². The highest BCUT2D eigenvalue weighted by Crippen LogP contribution is 2.52. The summed E-state index contributed by atoms with van der Waals surface area (Å²) in [4.78, 5) is 0. The highest BCUT2D eigenvalue weighted by Gasteiger charge is 2.33. The minimum absolute atomic E-state index is 0.498. The van der Waals surface area contributed by atoms with Crippen molar-refractivity contribution < 1.29 is 0 Å². The van der Waals surface area contributed by atoms with Crippen LogP contribution in [0.15, 0.2) is 84.9 Å². The molecule has 0 spiro atoms. The van der Waals surface area contributed by atoms with Gasteiger partial charge in [-0.15, -0.1) is 0 Å². The molecule has 2 aliphatic carbocycles. The van der Waals surface area contributed by atoms with Gasteiger partial charge in [-0.05, 0) is 82.3 Å². The van der Waals surface area contributed by atoms with Crippen LogP contribution in [0.4, 0.5) is 0 Å². The third kappa shape index (κ3) is 2.46. The van der Waals surface area contributed by atoms with E-state index in [1.54, 1.807) is 11.1 Å². The van der Waals surface area contributed by atoms with Crippen molar-refractivity contribution in [1.82, 2.24) is 0 Å². The molecule has 0 saturated heterocycles. The number of benzene rings is 4. The third-order valence-electron chi connectivity index (χ3n) is 7.34. The van der Waals surface area contributed by atoms with Crippen molar-refractivity contribution in [2.45, 2.75) is 38.5 Å². The van der Waals surface area contributed by atoms with Crippen molar-refractivity contribution in [3.63, 3.8) is 0 Å². The molecule has 2 unspecified atom stereocenters. The first-order chi connectivity index (χ1) is 14.7. The largest absolute Gasteiger partial charge is 0.0619 e. The molecule has 0 heterocycles. The lowest BCUT2D eigenvalue weighted by molar-refractivity contribution is 0.623. The zero-order chi connectivity index (χ0) is 20.2. The normalized spacial score (nSPS) is 17.9. The zero-order valence-electron chi connectivity index (χ0n) is 17.7. The van der Waals surface area contributed by atoms with E-state index in [9.17, 15) is 0 Å². The summed E-state index contributed by atoms with van der Waals surface area (Å²) in [6.07, 6.45) is 2.36. The molecule has 30 heavy (non-hydrogen) atoms. The van der Waals surface area contributed by atoms with Gasteiger partial charge in [0, 0.05) is 11.8 Å². The number of fused-ring (bicyclic) bond motifs is 6. The van der Waals surface area contributed by atoms with Crippen molar-refractivity contribution in [2.75, 3.05) is 0 Å². The van der Waals surface area contributed by atoms with Crippen molar-refractivity contribution in [1.29, 1.82) is 0 Å². The molecule has 146 valence electrons. The SMILES string of the molecule is Cc1cccc2c1C(CCC1c3ccccc3-c3cccc(C)c31)c1ccccc1-2. The van der Waals surface area contributed by atoms with Gasteiger partial charge in [0.2, 0.25) is 0 Å². The fraction of sp³-hybridized carbons (Fsp3) is 0.200. The van der Waals surface area contributed by atoms with E-state index in [0.717, 1.165) is 0 Å². The second kappa shape index (κ2) is 6.71. The summed E-state index contributed by atoms with van der Waals surface area (Å²) in [5.74, 6) is 0.996. The number of hydrogen-bond acceptors (Lipinski definition) is 0. The Bertz CT molecular complexity index is 1180. The summed E-state index contributed by atoms with van der Waals surface area (Å²) in [5.41, 5.74) is 14.7. The Labute approximate surface area is 179 Å². The quantitative estimate of drug-likeness (QED) is 0.334. The summed E-state index contributed by atoms with van der Waals surface area (Å²) in [5, 5.41) is 0. The van der Waals surface area contributed by atoms with E-state index in [-0.39, 0.29) is 0 Å². The maximum atomic E-state index is 2.35. The molecular formula is C30H26. The van der Waals surface area contributed by atoms with E-state index in [1.807, 2.05) is 0 Å². The first-order valence-electron chi connectivity index (χ1n) is 11.1. The van der Waals surface area contributed by atoms with Gasteiger partial charge in [0.15, 0.2) is 0 Å². The number of aryl methyl sites for hydroxylation is 2. The summed E-state index contributed by atoms with van der Waals surface area (Å²) < 4.78 is 0. The van der Waals surface area contributed by atoms with Crippen LogP contribution in [0.2, 0.25) is 0 Å². The standard InChI is InChI=1S/C30H26/c1-19-9-7-15-25-21-11-3-5-13-23(21)27(29(19)25)17-18-28-24-14-6-4-12-22(24)26-16-8-10-20(2)30(26)28/h3-16,27-28H,17-18H2,1-2H3. The van der Waals surface area contributed by atoms with E-state index < -0.39 is 0 Å². The molecule has 0 bridgehead atoms.